The summed E-state index contributed by atoms with van der Waals surface area (Å²) in [5.74, 6) is -3.31. The molecule has 0 aromatic heterocycles. The second-order valence-corrected chi connectivity index (χ2v) is 4.98. The van der Waals surface area contributed by atoms with Crippen LogP contribution in [0.2, 0.25) is 0 Å². The largest absolute Gasteiger partial charge is 0.478 e. The predicted octanol–water partition coefficient (Wildman–Crippen LogP) is 1.96. The van der Waals surface area contributed by atoms with E-state index in [0.717, 1.165) is 0 Å². The van der Waals surface area contributed by atoms with Crippen LogP contribution in [-0.2, 0) is 9.59 Å². The van der Waals surface area contributed by atoms with Crippen molar-refractivity contribution in [1.29, 1.82) is 5.26 Å². The Hall–Kier alpha value is -3.07. The number of aliphatic carboxylic acids is 2. The molecule has 0 radical (unpaired) electrons. The monoisotopic (exact) mass is 298 g/mol. The molecular formula is C16H14N2O4. The predicted molar refractivity (Wildman–Crippen MR) is 77.7 cm³/mol. The number of nitrogens with one attached hydrogen (secondary N) is 1. The Balaban J connectivity index is 2.72. The molecule has 0 saturated carbocycles. The van der Waals surface area contributed by atoms with E-state index in [1.165, 1.54) is 6.07 Å². The highest BCUT2D eigenvalue weighted by Gasteiger charge is 2.36. The lowest BCUT2D eigenvalue weighted by Crippen LogP contribution is -2.31. The zero-order valence-electron chi connectivity index (χ0n) is 12.0. The molecule has 6 nitrogen and oxygen atoms in total. The first-order valence-corrected chi connectivity index (χ1v) is 6.52. The summed E-state index contributed by atoms with van der Waals surface area (Å²) < 4.78 is 0. The van der Waals surface area contributed by atoms with Crippen molar-refractivity contribution in [3.05, 3.63) is 57.9 Å². The zero-order valence-corrected chi connectivity index (χ0v) is 12.0. The number of dihydropyridines is 1. The zero-order chi connectivity index (χ0) is 16.4. The molecule has 0 atom stereocenters. The molecule has 1 heterocycles. The van der Waals surface area contributed by atoms with Crippen LogP contribution in [0.1, 0.15) is 30.9 Å². The molecule has 2 rings (SSSR count). The first kappa shape index (κ1) is 15.3. The number of benzene rings is 1. The van der Waals surface area contributed by atoms with Crippen molar-refractivity contribution in [2.45, 2.75) is 19.8 Å². The molecule has 0 amide bonds. The number of carboxylic acid groups (broad SMARTS) is 2. The minimum Gasteiger partial charge on any atom is -0.478 e. The quantitative estimate of drug-likeness (QED) is 0.786. The molecule has 112 valence electrons. The average Bonchev–Trinajstić information content (AvgIpc) is 2.45. The van der Waals surface area contributed by atoms with Crippen molar-refractivity contribution in [3.63, 3.8) is 0 Å². The van der Waals surface area contributed by atoms with Gasteiger partial charge in [0.25, 0.3) is 0 Å². The van der Waals surface area contributed by atoms with Crippen LogP contribution in [0.3, 0.4) is 0 Å². The third kappa shape index (κ3) is 2.56. The van der Waals surface area contributed by atoms with Crippen LogP contribution in [0, 0.1) is 11.3 Å². The van der Waals surface area contributed by atoms with E-state index in [0.29, 0.717) is 22.5 Å². The summed E-state index contributed by atoms with van der Waals surface area (Å²) >= 11 is 0. The number of carbonyl (C=O) groups is 2. The van der Waals surface area contributed by atoms with E-state index in [1.807, 2.05) is 6.07 Å². The number of allylic oxidation sites excluding steroid dienone is 2. The minimum absolute atomic E-state index is 0.0295. The fraction of sp³-hybridized carbons (Fsp3) is 0.188. The van der Waals surface area contributed by atoms with Gasteiger partial charge in [0.2, 0.25) is 0 Å². The Bertz CT molecular complexity index is 733. The highest BCUT2D eigenvalue weighted by Crippen LogP contribution is 2.38. The Kier molecular flexibility index (Phi) is 4.00. The Morgan fingerprint density at radius 1 is 1.14 bits per heavy atom. The van der Waals surface area contributed by atoms with Gasteiger partial charge in [-0.2, -0.15) is 5.26 Å². The second kappa shape index (κ2) is 5.74. The topological polar surface area (TPSA) is 110 Å². The first-order valence-electron chi connectivity index (χ1n) is 6.52. The van der Waals surface area contributed by atoms with Crippen LogP contribution in [-0.4, -0.2) is 22.2 Å². The first-order chi connectivity index (χ1) is 10.4. The van der Waals surface area contributed by atoms with Gasteiger partial charge in [-0.05, 0) is 31.5 Å². The summed E-state index contributed by atoms with van der Waals surface area (Å²) in [6.07, 6.45) is 0. The van der Waals surface area contributed by atoms with Crippen LogP contribution in [0.15, 0.2) is 46.8 Å². The molecule has 0 bridgehead atoms. The number of rotatable bonds is 3. The summed E-state index contributed by atoms with van der Waals surface area (Å²) in [5, 5.41) is 30.7. The molecule has 0 spiro atoms. The second-order valence-electron chi connectivity index (χ2n) is 4.98. The van der Waals surface area contributed by atoms with Gasteiger partial charge in [0.05, 0.1) is 28.7 Å². The Morgan fingerprint density at radius 3 is 2.14 bits per heavy atom. The van der Waals surface area contributed by atoms with E-state index in [4.69, 9.17) is 5.26 Å². The fourth-order valence-electron chi connectivity index (χ4n) is 2.68. The van der Waals surface area contributed by atoms with Gasteiger partial charge in [-0.15, -0.1) is 0 Å². The van der Waals surface area contributed by atoms with Crippen LogP contribution in [0.5, 0.6) is 0 Å². The summed E-state index contributed by atoms with van der Waals surface area (Å²) in [6.45, 7) is 3.18. The van der Waals surface area contributed by atoms with Gasteiger partial charge < -0.3 is 15.5 Å². The van der Waals surface area contributed by atoms with E-state index < -0.39 is 17.9 Å². The molecule has 3 N–H and O–H groups in total. The van der Waals surface area contributed by atoms with E-state index in [9.17, 15) is 19.8 Å². The minimum atomic E-state index is -1.19. The normalized spacial score (nSPS) is 15.3. The lowest BCUT2D eigenvalue weighted by Gasteiger charge is -2.28. The van der Waals surface area contributed by atoms with Gasteiger partial charge in [-0.1, -0.05) is 12.1 Å². The maximum atomic E-state index is 11.6. The van der Waals surface area contributed by atoms with Crippen molar-refractivity contribution >= 4 is 11.9 Å². The summed E-state index contributed by atoms with van der Waals surface area (Å²) in [7, 11) is 0. The molecule has 1 aliphatic heterocycles. The van der Waals surface area contributed by atoms with Crippen LogP contribution < -0.4 is 5.32 Å². The van der Waals surface area contributed by atoms with Crippen molar-refractivity contribution in [2.75, 3.05) is 0 Å². The third-order valence-electron chi connectivity index (χ3n) is 3.57. The van der Waals surface area contributed by atoms with E-state index >= 15 is 0 Å². The molecular weight excluding hydrogens is 284 g/mol. The number of hydrogen-bond acceptors (Lipinski definition) is 4. The maximum Gasteiger partial charge on any atom is 0.334 e. The maximum absolute atomic E-state index is 11.6. The van der Waals surface area contributed by atoms with Crippen molar-refractivity contribution in [2.24, 2.45) is 0 Å². The van der Waals surface area contributed by atoms with Gasteiger partial charge in [0.15, 0.2) is 0 Å². The molecule has 0 aliphatic carbocycles. The van der Waals surface area contributed by atoms with E-state index in [-0.39, 0.29) is 11.1 Å². The number of carboxylic acids is 2. The molecule has 1 aliphatic rings. The lowest BCUT2D eigenvalue weighted by atomic mass is 9.80. The van der Waals surface area contributed by atoms with Crippen molar-refractivity contribution in [1.82, 2.24) is 5.32 Å². The average molecular weight is 298 g/mol. The van der Waals surface area contributed by atoms with Crippen LogP contribution >= 0.6 is 0 Å². The number of nitriles is 1. The molecule has 6 heteroatoms. The molecule has 0 unspecified atom stereocenters. The molecule has 0 saturated heterocycles. The molecule has 1 aromatic carbocycles. The lowest BCUT2D eigenvalue weighted by molar-refractivity contribution is -0.133. The van der Waals surface area contributed by atoms with Crippen LogP contribution in [0.25, 0.3) is 0 Å². The SMILES string of the molecule is CC1=C(C(=O)O)C(c2cccc(C#N)c2)C(C(=O)O)=C(C)N1. The molecule has 22 heavy (non-hydrogen) atoms. The van der Waals surface area contributed by atoms with E-state index in [2.05, 4.69) is 5.32 Å². The standard InChI is InChI=1S/C16H14N2O4/c1-8-12(15(19)20)14(13(16(21)22)9(2)18-8)11-5-3-4-10(6-11)7-17/h3-6,14,18H,1-2H3,(H,19,20)(H,21,22). The summed E-state index contributed by atoms with van der Waals surface area (Å²) in [4.78, 5) is 23.2. The summed E-state index contributed by atoms with van der Waals surface area (Å²) in [6, 6.07) is 8.31. The van der Waals surface area contributed by atoms with Crippen LogP contribution in [0.4, 0.5) is 0 Å². The Labute approximate surface area is 127 Å². The number of nitrogens with zero attached hydrogens (tertiary/aromatic N) is 1. The summed E-state index contributed by atoms with van der Waals surface area (Å²) in [5.41, 5.74) is 1.54. The molecule has 0 fully saturated rings. The van der Waals surface area contributed by atoms with Gasteiger partial charge in [0.1, 0.15) is 0 Å². The van der Waals surface area contributed by atoms with Gasteiger partial charge >= 0.3 is 11.9 Å². The fourth-order valence-corrected chi connectivity index (χ4v) is 2.68. The smallest absolute Gasteiger partial charge is 0.334 e. The van der Waals surface area contributed by atoms with Gasteiger partial charge in [-0.3, -0.25) is 0 Å². The Morgan fingerprint density at radius 2 is 1.68 bits per heavy atom. The third-order valence-corrected chi connectivity index (χ3v) is 3.57. The van der Waals surface area contributed by atoms with Gasteiger partial charge in [0, 0.05) is 11.4 Å². The van der Waals surface area contributed by atoms with Crippen molar-refractivity contribution < 1.29 is 19.8 Å². The van der Waals surface area contributed by atoms with Gasteiger partial charge in [-0.25, -0.2) is 9.59 Å². The highest BCUT2D eigenvalue weighted by atomic mass is 16.4. The molecule has 1 aromatic rings. The van der Waals surface area contributed by atoms with E-state index in [1.54, 1.807) is 32.0 Å². The number of hydrogen-bond donors (Lipinski definition) is 3. The van der Waals surface area contributed by atoms with Crippen molar-refractivity contribution in [3.8, 4) is 6.07 Å². The highest BCUT2D eigenvalue weighted by molar-refractivity contribution is 5.98.